The Balaban J connectivity index is 1.24. The Labute approximate surface area is 172 Å². The van der Waals surface area contributed by atoms with Crippen molar-refractivity contribution in [3.63, 3.8) is 0 Å². The summed E-state index contributed by atoms with van der Waals surface area (Å²) < 4.78 is 1.98. The standard InChI is InChI=1S/C23H32N4O2/c1-17(18-7-3-2-4-8-18)22(28)16-26-13-10-19(11-14-26)24-23(29)21-15-20-9-5-6-12-27(20)25-21/h2-4,7-8,15,17,19,22,28H,5-6,9-14,16H2,1H3,(H,24,29). The van der Waals surface area contributed by atoms with Crippen LogP contribution in [0.2, 0.25) is 0 Å². The number of benzene rings is 1. The Morgan fingerprint density at radius 1 is 1.21 bits per heavy atom. The second-order valence-electron chi connectivity index (χ2n) is 8.52. The lowest BCUT2D eigenvalue weighted by atomic mass is 9.94. The summed E-state index contributed by atoms with van der Waals surface area (Å²) in [5, 5.41) is 18.3. The number of aryl methyl sites for hydroxylation is 2. The zero-order chi connectivity index (χ0) is 20.2. The van der Waals surface area contributed by atoms with E-state index in [4.69, 9.17) is 0 Å². The number of aromatic nitrogens is 2. The van der Waals surface area contributed by atoms with Crippen LogP contribution in [0.25, 0.3) is 0 Å². The minimum Gasteiger partial charge on any atom is -0.391 e. The summed E-state index contributed by atoms with van der Waals surface area (Å²) >= 11 is 0. The van der Waals surface area contributed by atoms with E-state index >= 15 is 0 Å². The summed E-state index contributed by atoms with van der Waals surface area (Å²) in [7, 11) is 0. The van der Waals surface area contributed by atoms with Crippen LogP contribution >= 0.6 is 0 Å². The molecule has 1 amide bonds. The van der Waals surface area contributed by atoms with E-state index in [0.717, 1.165) is 45.3 Å². The van der Waals surface area contributed by atoms with Crippen LogP contribution in [-0.4, -0.2) is 57.5 Å². The topological polar surface area (TPSA) is 70.4 Å². The molecule has 1 aromatic heterocycles. The predicted octanol–water partition coefficient (Wildman–Crippen LogP) is 2.58. The lowest BCUT2D eigenvalue weighted by molar-refractivity contribution is 0.0742. The zero-order valence-corrected chi connectivity index (χ0v) is 17.3. The third-order valence-corrected chi connectivity index (χ3v) is 6.42. The SMILES string of the molecule is CC(c1ccccc1)C(O)CN1CCC(NC(=O)c2cc3n(n2)CCCC3)CC1. The number of aliphatic hydroxyl groups excluding tert-OH is 1. The highest BCUT2D eigenvalue weighted by Gasteiger charge is 2.26. The summed E-state index contributed by atoms with van der Waals surface area (Å²) in [4.78, 5) is 14.9. The molecule has 0 spiro atoms. The molecule has 6 nitrogen and oxygen atoms in total. The average Bonchev–Trinajstić information content (AvgIpc) is 3.20. The lowest BCUT2D eigenvalue weighted by Crippen LogP contribution is -2.47. The molecule has 2 aliphatic rings. The van der Waals surface area contributed by atoms with Gasteiger partial charge in [-0.3, -0.25) is 9.48 Å². The Bertz CT molecular complexity index is 788. The van der Waals surface area contributed by atoms with Crippen LogP contribution in [0.3, 0.4) is 0 Å². The molecule has 0 aliphatic carbocycles. The molecule has 156 valence electrons. The molecule has 2 atom stereocenters. The molecule has 1 aromatic carbocycles. The van der Waals surface area contributed by atoms with E-state index < -0.39 is 0 Å². The molecule has 2 unspecified atom stereocenters. The van der Waals surface area contributed by atoms with E-state index in [0.29, 0.717) is 12.2 Å². The van der Waals surface area contributed by atoms with Gasteiger partial charge in [-0.2, -0.15) is 5.10 Å². The average molecular weight is 397 g/mol. The van der Waals surface area contributed by atoms with E-state index in [9.17, 15) is 9.90 Å². The van der Waals surface area contributed by atoms with E-state index in [-0.39, 0.29) is 24.0 Å². The molecular weight excluding hydrogens is 364 g/mol. The molecule has 0 bridgehead atoms. The largest absolute Gasteiger partial charge is 0.391 e. The number of carbonyl (C=O) groups excluding carboxylic acids is 1. The van der Waals surface area contributed by atoms with Crippen molar-refractivity contribution in [1.82, 2.24) is 20.0 Å². The molecule has 2 aliphatic heterocycles. The van der Waals surface area contributed by atoms with Crippen molar-refractivity contribution < 1.29 is 9.90 Å². The van der Waals surface area contributed by atoms with Gasteiger partial charge in [0.2, 0.25) is 0 Å². The van der Waals surface area contributed by atoms with Crippen molar-refractivity contribution in [2.24, 2.45) is 0 Å². The molecule has 1 fully saturated rings. The van der Waals surface area contributed by atoms with Gasteiger partial charge in [-0.15, -0.1) is 0 Å². The number of β-amino-alcohol motifs (C(OH)–C–C–N with tert-alkyl or cyclic N) is 1. The molecule has 2 N–H and O–H groups in total. The number of aliphatic hydroxyl groups is 1. The summed E-state index contributed by atoms with van der Waals surface area (Å²) in [6.45, 7) is 5.46. The fraction of sp³-hybridized carbons (Fsp3) is 0.565. The van der Waals surface area contributed by atoms with Crippen molar-refractivity contribution in [1.29, 1.82) is 0 Å². The maximum atomic E-state index is 12.6. The highest BCUT2D eigenvalue weighted by Crippen LogP contribution is 2.21. The van der Waals surface area contributed by atoms with Gasteiger partial charge in [0, 0.05) is 43.8 Å². The highest BCUT2D eigenvalue weighted by molar-refractivity contribution is 5.92. The summed E-state index contributed by atoms with van der Waals surface area (Å²) in [6.07, 6.45) is 4.77. The lowest BCUT2D eigenvalue weighted by Gasteiger charge is -2.34. The zero-order valence-electron chi connectivity index (χ0n) is 17.3. The second kappa shape index (κ2) is 9.09. The third-order valence-electron chi connectivity index (χ3n) is 6.42. The number of piperidine rings is 1. The number of hydrogen-bond acceptors (Lipinski definition) is 4. The second-order valence-corrected chi connectivity index (χ2v) is 8.52. The Hall–Kier alpha value is -2.18. The number of amides is 1. The minimum absolute atomic E-state index is 0.0527. The Morgan fingerprint density at radius 3 is 2.69 bits per heavy atom. The van der Waals surface area contributed by atoms with Gasteiger partial charge in [0.1, 0.15) is 5.69 Å². The maximum Gasteiger partial charge on any atom is 0.272 e. The molecule has 29 heavy (non-hydrogen) atoms. The predicted molar refractivity (Wildman–Crippen MR) is 113 cm³/mol. The smallest absolute Gasteiger partial charge is 0.272 e. The van der Waals surface area contributed by atoms with Crippen LogP contribution in [0, 0.1) is 0 Å². The fourth-order valence-corrected chi connectivity index (χ4v) is 4.45. The van der Waals surface area contributed by atoms with Crippen molar-refractivity contribution in [2.45, 2.75) is 63.6 Å². The first-order valence-electron chi connectivity index (χ1n) is 10.9. The summed E-state index contributed by atoms with van der Waals surface area (Å²) in [6, 6.07) is 12.3. The number of carbonyl (C=O) groups is 1. The number of nitrogens with one attached hydrogen (secondary N) is 1. The van der Waals surface area contributed by atoms with Gasteiger partial charge in [-0.05, 0) is 43.7 Å². The van der Waals surface area contributed by atoms with Crippen LogP contribution in [0.1, 0.15) is 60.3 Å². The van der Waals surface area contributed by atoms with Crippen LogP contribution in [0.5, 0.6) is 0 Å². The van der Waals surface area contributed by atoms with Crippen molar-refractivity contribution >= 4 is 5.91 Å². The first-order chi connectivity index (χ1) is 14.1. The van der Waals surface area contributed by atoms with Gasteiger partial charge in [0.25, 0.3) is 5.91 Å². The van der Waals surface area contributed by atoms with Crippen molar-refractivity contribution in [2.75, 3.05) is 19.6 Å². The van der Waals surface area contributed by atoms with E-state index in [1.807, 2.05) is 28.9 Å². The molecule has 6 heteroatoms. The van der Waals surface area contributed by atoms with Gasteiger partial charge in [0.05, 0.1) is 6.10 Å². The van der Waals surface area contributed by atoms with Gasteiger partial charge in [0.15, 0.2) is 0 Å². The molecule has 2 aromatic rings. The van der Waals surface area contributed by atoms with Crippen molar-refractivity contribution in [3.05, 3.63) is 53.3 Å². The number of rotatable bonds is 6. The van der Waals surface area contributed by atoms with Crippen molar-refractivity contribution in [3.8, 4) is 0 Å². The first-order valence-corrected chi connectivity index (χ1v) is 10.9. The van der Waals surface area contributed by atoms with Gasteiger partial charge in [-0.1, -0.05) is 37.3 Å². The van der Waals surface area contributed by atoms with Crippen LogP contribution in [0.4, 0.5) is 0 Å². The van der Waals surface area contributed by atoms with E-state index in [1.54, 1.807) is 0 Å². The maximum absolute atomic E-state index is 12.6. The number of likely N-dealkylation sites (tertiary alicyclic amines) is 1. The van der Waals surface area contributed by atoms with Crippen LogP contribution in [0.15, 0.2) is 36.4 Å². The summed E-state index contributed by atoms with van der Waals surface area (Å²) in [5.41, 5.74) is 2.90. The molecule has 4 rings (SSSR count). The fourth-order valence-electron chi connectivity index (χ4n) is 4.45. The third kappa shape index (κ3) is 4.87. The number of fused-ring (bicyclic) bond motifs is 1. The molecule has 1 saturated heterocycles. The molecular formula is C23H32N4O2. The Kier molecular flexibility index (Phi) is 6.31. The van der Waals surface area contributed by atoms with E-state index in [1.165, 1.54) is 17.7 Å². The first kappa shape index (κ1) is 20.1. The van der Waals surface area contributed by atoms with Gasteiger partial charge >= 0.3 is 0 Å². The molecule has 0 saturated carbocycles. The van der Waals surface area contributed by atoms with E-state index in [2.05, 4.69) is 34.4 Å². The van der Waals surface area contributed by atoms with Crippen LogP contribution < -0.4 is 5.32 Å². The monoisotopic (exact) mass is 396 g/mol. The van der Waals surface area contributed by atoms with Gasteiger partial charge < -0.3 is 15.3 Å². The minimum atomic E-state index is -0.389. The molecule has 3 heterocycles. The number of hydrogen-bond donors (Lipinski definition) is 2. The van der Waals surface area contributed by atoms with Gasteiger partial charge in [-0.25, -0.2) is 0 Å². The summed E-state index contributed by atoms with van der Waals surface area (Å²) in [5.74, 6) is 0.0589. The Morgan fingerprint density at radius 2 is 1.97 bits per heavy atom. The number of nitrogens with zero attached hydrogens (tertiary/aromatic N) is 3. The molecule has 0 radical (unpaired) electrons. The normalized spacial score (nSPS) is 20.1. The quantitative estimate of drug-likeness (QED) is 0.787. The highest BCUT2D eigenvalue weighted by atomic mass is 16.3. The van der Waals surface area contributed by atoms with Crippen LogP contribution in [-0.2, 0) is 13.0 Å².